The second-order valence-electron chi connectivity index (χ2n) is 30.0. The Bertz CT molecular complexity index is 6110. The molecule has 3 amide bonds. The molecule has 1 N–H and O–H groups in total. The number of rotatable bonds is 28. The van der Waals surface area contributed by atoms with Crippen molar-refractivity contribution >= 4 is 29.3 Å². The number of pyridine rings is 3. The number of carbonyl (C=O) groups excluding carboxylic acids is 3. The van der Waals surface area contributed by atoms with E-state index in [0.717, 1.165) is 39.8 Å². The zero-order chi connectivity index (χ0) is 90.2. The Morgan fingerprint density at radius 2 is 0.930 bits per heavy atom. The second kappa shape index (κ2) is 45.6. The minimum Gasteiger partial charge on any atom is -1.00 e. The average Bonchev–Trinajstić information content (AvgIpc) is 0.743. The number of alkyl halides is 1. The van der Waals surface area contributed by atoms with E-state index in [1.807, 2.05) is 231 Å². The maximum Gasteiger partial charge on any atom is 1.00 e. The van der Waals surface area contributed by atoms with Crippen LogP contribution in [-0.2, 0) is 19.8 Å². The molecule has 0 fully saturated rings. The SMILES string of the molecule is C=CC(CC)N1CNn2ccc(=O)c(OCc3ccccc3)c2C1=O.C=CCOc1c(F)cccc1C(Cl)c1ccccc1.C=CCOc1c(F)cccc1C(c1ccccc1)N1CN(C(C=C)CC)C(=O)c2c(OCc3ccccc3)c(=O)ccn21.CCC1C=CCOc2c(F)cccc2C(c2ccccc2)N2CN1C(=O)c1c(OCc3ccccc3)c(=O)ccn12.[H-].[Na+]. The molecule has 6 unspecified atom stereocenters. The van der Waals surface area contributed by atoms with Gasteiger partial charge in [0.1, 0.15) is 71.7 Å². The summed E-state index contributed by atoms with van der Waals surface area (Å²) in [7, 11) is 0. The average molecular weight is 1770 g/mol. The number of ether oxygens (including phenoxy) is 6. The van der Waals surface area contributed by atoms with Crippen molar-refractivity contribution in [3.8, 4) is 34.5 Å². The van der Waals surface area contributed by atoms with E-state index < -0.39 is 40.3 Å². The Hall–Kier alpha value is -13.8. The minimum atomic E-state index is -0.627. The fourth-order valence-electron chi connectivity index (χ4n) is 15.6. The topological polar surface area (TPSA) is 201 Å². The van der Waals surface area contributed by atoms with Gasteiger partial charge in [0.25, 0.3) is 17.7 Å². The van der Waals surface area contributed by atoms with Crippen molar-refractivity contribution in [3.05, 3.63) is 451 Å². The van der Waals surface area contributed by atoms with Gasteiger partial charge < -0.3 is 50.0 Å². The zero-order valence-electron chi connectivity index (χ0n) is 73.2. The Balaban J connectivity index is 0.000000174. The van der Waals surface area contributed by atoms with E-state index in [0.29, 0.717) is 36.2 Å². The summed E-state index contributed by atoms with van der Waals surface area (Å²) in [5.74, 6) is -1.93. The number of carbonyl (C=O) groups is 3. The molecule has 7 heterocycles. The summed E-state index contributed by atoms with van der Waals surface area (Å²) in [4.78, 5) is 85.2. The number of nitrogens with zero attached hydrogens (tertiary/aromatic N) is 8. The third kappa shape index (κ3) is 21.9. The first-order valence-electron chi connectivity index (χ1n) is 42.1. The number of nitrogens with one attached hydrogen (secondary N) is 1. The third-order valence-electron chi connectivity index (χ3n) is 21.9. The van der Waals surface area contributed by atoms with Crippen molar-refractivity contribution in [1.82, 2.24) is 28.7 Å². The van der Waals surface area contributed by atoms with Gasteiger partial charge in [-0.1, -0.05) is 283 Å². The third-order valence-corrected chi connectivity index (χ3v) is 22.4. The largest absolute Gasteiger partial charge is 1.00 e. The number of para-hydroxylation sites is 3. The van der Waals surface area contributed by atoms with Crippen LogP contribution in [0.3, 0.4) is 0 Å². The molecular formula is C103H100ClF3N9NaO12. The number of hydrogen-bond donors (Lipinski definition) is 1. The summed E-state index contributed by atoms with van der Waals surface area (Å²) < 4.78 is 84.6. The molecule has 2 bridgehead atoms. The molecule has 9 aromatic carbocycles. The summed E-state index contributed by atoms with van der Waals surface area (Å²) in [5.41, 5.74) is 9.44. The van der Waals surface area contributed by atoms with Crippen LogP contribution in [0.25, 0.3) is 0 Å². The van der Waals surface area contributed by atoms with Crippen LogP contribution in [-0.4, -0.2) is 104 Å². The predicted molar refractivity (Wildman–Crippen MR) is 493 cm³/mol. The van der Waals surface area contributed by atoms with Gasteiger partial charge in [0.15, 0.2) is 69.0 Å². The molecule has 6 atom stereocenters. The van der Waals surface area contributed by atoms with E-state index in [1.54, 1.807) is 102 Å². The Morgan fingerprint density at radius 3 is 1.45 bits per heavy atom. The van der Waals surface area contributed by atoms with Crippen LogP contribution in [0.1, 0.15) is 140 Å². The number of benzene rings is 9. The fourth-order valence-corrected chi connectivity index (χ4v) is 15.9. The molecule has 16 rings (SSSR count). The van der Waals surface area contributed by atoms with Crippen LogP contribution in [0, 0.1) is 17.5 Å². The first kappa shape index (κ1) is 94.4. The molecule has 26 heteroatoms. The summed E-state index contributed by atoms with van der Waals surface area (Å²) in [6.45, 7) is 22.6. The van der Waals surface area contributed by atoms with Crippen LogP contribution < -0.4 is 89.7 Å². The van der Waals surface area contributed by atoms with Crippen LogP contribution in [0.4, 0.5) is 13.2 Å². The number of aromatic nitrogens is 3. The van der Waals surface area contributed by atoms with Gasteiger partial charge in [-0.3, -0.25) is 52.8 Å². The molecule has 0 aliphatic carbocycles. The molecule has 0 saturated carbocycles. The van der Waals surface area contributed by atoms with E-state index in [9.17, 15) is 33.2 Å². The van der Waals surface area contributed by atoms with E-state index in [2.05, 4.69) is 31.7 Å². The second-order valence-corrected chi connectivity index (χ2v) is 30.4. The van der Waals surface area contributed by atoms with E-state index in [4.69, 9.17) is 40.0 Å². The molecule has 0 spiro atoms. The van der Waals surface area contributed by atoms with E-state index in [-0.39, 0.29) is 182 Å². The molecule has 0 radical (unpaired) electrons. The van der Waals surface area contributed by atoms with Gasteiger partial charge in [-0.15, -0.1) is 24.8 Å². The van der Waals surface area contributed by atoms with Crippen LogP contribution in [0.2, 0.25) is 0 Å². The Morgan fingerprint density at radius 1 is 0.481 bits per heavy atom. The molecule has 4 aliphatic heterocycles. The van der Waals surface area contributed by atoms with Crippen molar-refractivity contribution in [1.29, 1.82) is 0 Å². The molecule has 12 aromatic rings. The van der Waals surface area contributed by atoms with Crippen LogP contribution in [0.5, 0.6) is 34.5 Å². The molecule has 3 aromatic heterocycles. The van der Waals surface area contributed by atoms with Crippen molar-refractivity contribution in [3.63, 3.8) is 0 Å². The normalized spacial score (nSPS) is 15.0. The smallest absolute Gasteiger partial charge is 1.00 e. The summed E-state index contributed by atoms with van der Waals surface area (Å²) in [6, 6.07) is 73.9. The van der Waals surface area contributed by atoms with Gasteiger partial charge in [-0.2, -0.15) is 0 Å². The minimum absolute atomic E-state index is 0. The van der Waals surface area contributed by atoms with Gasteiger partial charge in [-0.25, -0.2) is 13.2 Å². The predicted octanol–water partition coefficient (Wildman–Crippen LogP) is 15.9. The van der Waals surface area contributed by atoms with Gasteiger partial charge in [0.05, 0.1) is 23.5 Å². The Kier molecular flexibility index (Phi) is 33.3. The standard InChI is InChI=1S/C35H34FN3O4.C33H30FN3O4.C19H21N3O3.C16H14ClFO.Na.H/c1-4-22-42-33-28(18-13-19-29(33)36)31(26-16-11-8-12-17-26)39-24-37(27(5-2)6-3)35(41)32-34(30(40)20-21-38(32)39)43-23-25-14-9-7-10-15-25;1-2-25-15-10-20-40-31-26(16-9-17-27(31)34)29(24-13-7-4-8-14-24)37-22-35(25)33(39)30-32(28(38)18-19-36(30)37)41-21-23-11-5-3-6-12-23;1-3-15(4-2)21-13-20-22-11-10-16(23)18(17(22)19(21)24)25-12-14-8-6-5-7-9-14;1-2-11-19-16-13(9-6-10-14(16)18)15(17)12-7-4-3-5-8-12;;/h4-5,7-21,27,31H,1-2,6,22-24H2,3H3;3-19,25,29H,2,20-22H2,1H3;3,5-11,15,20H,1,4,12-13H2,2H3;2-10,15H,1,11H2;;/q;;;;+1;-1. The summed E-state index contributed by atoms with van der Waals surface area (Å²) in [5, 5.41) is 3.43. The first-order chi connectivity index (χ1) is 62.4. The molecule has 658 valence electrons. The van der Waals surface area contributed by atoms with Crippen molar-refractivity contribution in [2.24, 2.45) is 0 Å². The Labute approximate surface area is 776 Å². The molecule has 0 saturated heterocycles. The summed E-state index contributed by atoms with van der Waals surface area (Å²) in [6.07, 6.45) is 17.0. The molecular weight excluding hydrogens is 1670 g/mol. The summed E-state index contributed by atoms with van der Waals surface area (Å²) >= 11 is 6.42. The maximum atomic E-state index is 15.3. The van der Waals surface area contributed by atoms with Crippen molar-refractivity contribution in [2.75, 3.05) is 55.3 Å². The van der Waals surface area contributed by atoms with Crippen LogP contribution >= 0.6 is 11.6 Å². The number of halogens is 4. The van der Waals surface area contributed by atoms with Gasteiger partial charge in [-0.05, 0) is 76.9 Å². The number of amides is 3. The maximum absolute atomic E-state index is 15.3. The number of fused-ring (bicyclic) bond motifs is 7. The molecule has 21 nitrogen and oxygen atoms in total. The van der Waals surface area contributed by atoms with Crippen LogP contribution in [0.15, 0.2) is 351 Å². The van der Waals surface area contributed by atoms with Gasteiger partial charge in [0, 0.05) is 53.5 Å². The molecule has 129 heavy (non-hydrogen) atoms. The van der Waals surface area contributed by atoms with Crippen molar-refractivity contribution in [2.45, 2.75) is 95.4 Å². The quantitative estimate of drug-likeness (QED) is 0.0275. The van der Waals surface area contributed by atoms with Crippen molar-refractivity contribution < 1.29 is 87.0 Å². The monoisotopic (exact) mass is 1770 g/mol. The number of hydrogen-bond acceptors (Lipinski definition) is 15. The van der Waals surface area contributed by atoms with Gasteiger partial charge in [0.2, 0.25) is 16.3 Å². The fraction of sp³-hybridized carbons (Fsp3) is 0.204. The van der Waals surface area contributed by atoms with E-state index in [1.165, 1.54) is 36.4 Å². The van der Waals surface area contributed by atoms with E-state index >= 15 is 8.78 Å². The molecule has 4 aliphatic rings. The first-order valence-corrected chi connectivity index (χ1v) is 42.5. The zero-order valence-corrected chi connectivity index (χ0v) is 75.0. The van der Waals surface area contributed by atoms with Gasteiger partial charge >= 0.3 is 29.6 Å².